The Labute approximate surface area is 193 Å². The fourth-order valence-electron chi connectivity index (χ4n) is 4.20. The van der Waals surface area contributed by atoms with E-state index in [-0.39, 0.29) is 17.7 Å². The molecule has 1 fully saturated rings. The minimum absolute atomic E-state index is 0.0140. The summed E-state index contributed by atoms with van der Waals surface area (Å²) >= 11 is 0. The zero-order valence-electron chi connectivity index (χ0n) is 19.3. The molecule has 1 unspecified atom stereocenters. The molecule has 174 valence electrons. The van der Waals surface area contributed by atoms with E-state index in [2.05, 4.69) is 46.8 Å². The maximum absolute atomic E-state index is 12.7. The number of anilines is 2. The van der Waals surface area contributed by atoms with Gasteiger partial charge in [0.05, 0.1) is 37.3 Å². The summed E-state index contributed by atoms with van der Waals surface area (Å²) < 4.78 is 12.6. The monoisotopic (exact) mass is 450 g/mol. The lowest BCUT2D eigenvalue weighted by Crippen LogP contribution is -2.21. The quantitative estimate of drug-likeness (QED) is 0.501. The molecule has 0 spiro atoms. The minimum atomic E-state index is -0.528. The number of amides is 1. The van der Waals surface area contributed by atoms with E-state index in [0.717, 1.165) is 30.5 Å². The van der Waals surface area contributed by atoms with Gasteiger partial charge in [-0.25, -0.2) is 9.78 Å². The van der Waals surface area contributed by atoms with Crippen LogP contribution in [-0.4, -0.2) is 41.2 Å². The molecule has 3 aromatic rings. The molecule has 2 N–H and O–H groups in total. The Kier molecular flexibility index (Phi) is 6.93. The van der Waals surface area contributed by atoms with E-state index >= 15 is 0 Å². The molecule has 3 heterocycles. The van der Waals surface area contributed by atoms with Crippen molar-refractivity contribution in [1.29, 1.82) is 0 Å². The van der Waals surface area contributed by atoms with Crippen molar-refractivity contribution < 1.29 is 19.1 Å². The van der Waals surface area contributed by atoms with Crippen LogP contribution in [0.3, 0.4) is 0 Å². The maximum atomic E-state index is 12.7. The van der Waals surface area contributed by atoms with Gasteiger partial charge in [-0.1, -0.05) is 31.2 Å². The van der Waals surface area contributed by atoms with Crippen LogP contribution >= 0.6 is 0 Å². The lowest BCUT2D eigenvalue weighted by atomic mass is 10.1. The van der Waals surface area contributed by atoms with Crippen molar-refractivity contribution in [2.45, 2.75) is 52.3 Å². The average molecular weight is 451 g/mol. The van der Waals surface area contributed by atoms with E-state index in [4.69, 9.17) is 9.47 Å². The zero-order chi connectivity index (χ0) is 23.4. The first kappa shape index (κ1) is 22.8. The standard InChI is InChI=1S/C25H30N4O4/c1-4-17-7-9-18(10-8-17)13-26-19-12-21-22(28-16(2)30)23(25(31)32-3)29(24(21)27-14-19)15-20-6-5-11-33-20/h7-10,12,14,20,26H,4-6,11,13,15H2,1-3H3,(H,28,30). The number of fused-ring (bicyclic) bond motifs is 1. The molecule has 33 heavy (non-hydrogen) atoms. The Morgan fingerprint density at radius 3 is 2.64 bits per heavy atom. The molecule has 0 radical (unpaired) electrons. The lowest BCUT2D eigenvalue weighted by Gasteiger charge is -2.14. The SMILES string of the molecule is CCc1ccc(CNc2cnc3c(c2)c(NC(C)=O)c(C(=O)OC)n3CC2CCCO2)cc1. The number of hydrogen-bond acceptors (Lipinski definition) is 6. The van der Waals surface area contributed by atoms with Crippen LogP contribution < -0.4 is 10.6 Å². The summed E-state index contributed by atoms with van der Waals surface area (Å²) in [7, 11) is 1.33. The summed E-state index contributed by atoms with van der Waals surface area (Å²) in [5.41, 5.74) is 4.53. The van der Waals surface area contributed by atoms with Gasteiger partial charge in [0, 0.05) is 25.5 Å². The van der Waals surface area contributed by atoms with Crippen LogP contribution in [0.2, 0.25) is 0 Å². The molecule has 1 aromatic carbocycles. The van der Waals surface area contributed by atoms with Crippen LogP contribution in [0, 0.1) is 0 Å². The number of nitrogens with zero attached hydrogens (tertiary/aromatic N) is 2. The van der Waals surface area contributed by atoms with E-state index in [0.29, 0.717) is 36.4 Å². The van der Waals surface area contributed by atoms with Crippen molar-refractivity contribution in [2.75, 3.05) is 24.4 Å². The number of ether oxygens (including phenoxy) is 2. The number of rotatable bonds is 8. The van der Waals surface area contributed by atoms with E-state index in [1.807, 2.05) is 6.07 Å². The van der Waals surface area contributed by atoms with Gasteiger partial charge >= 0.3 is 5.97 Å². The smallest absolute Gasteiger partial charge is 0.356 e. The van der Waals surface area contributed by atoms with Gasteiger partial charge in [-0.2, -0.15) is 0 Å². The van der Waals surface area contributed by atoms with Gasteiger partial charge < -0.3 is 24.7 Å². The van der Waals surface area contributed by atoms with Crippen LogP contribution in [0.5, 0.6) is 0 Å². The number of aryl methyl sites for hydroxylation is 1. The first-order chi connectivity index (χ1) is 16.0. The summed E-state index contributed by atoms with van der Waals surface area (Å²) in [5, 5.41) is 6.89. The molecule has 0 bridgehead atoms. The Bertz CT molecular complexity index is 1150. The first-order valence-electron chi connectivity index (χ1n) is 11.3. The van der Waals surface area contributed by atoms with Gasteiger partial charge in [-0.15, -0.1) is 0 Å². The van der Waals surface area contributed by atoms with E-state index in [1.54, 1.807) is 10.8 Å². The largest absolute Gasteiger partial charge is 0.464 e. The lowest BCUT2D eigenvalue weighted by molar-refractivity contribution is -0.114. The summed E-state index contributed by atoms with van der Waals surface area (Å²) in [4.78, 5) is 29.4. The molecule has 1 amide bonds. The van der Waals surface area contributed by atoms with Crippen LogP contribution in [-0.2, 0) is 33.8 Å². The Morgan fingerprint density at radius 2 is 2.00 bits per heavy atom. The normalized spacial score (nSPS) is 15.5. The van der Waals surface area contributed by atoms with Gasteiger partial charge in [-0.3, -0.25) is 4.79 Å². The van der Waals surface area contributed by atoms with Gasteiger partial charge in [-0.05, 0) is 36.5 Å². The highest BCUT2D eigenvalue weighted by atomic mass is 16.5. The number of hydrogen-bond donors (Lipinski definition) is 2. The van der Waals surface area contributed by atoms with Crippen molar-refractivity contribution in [1.82, 2.24) is 9.55 Å². The number of methoxy groups -OCH3 is 1. The molecule has 1 aliphatic heterocycles. The first-order valence-corrected chi connectivity index (χ1v) is 11.3. The number of benzene rings is 1. The predicted octanol–water partition coefficient (Wildman–Crippen LogP) is 4.13. The van der Waals surface area contributed by atoms with E-state index in [1.165, 1.54) is 19.6 Å². The van der Waals surface area contributed by atoms with Crippen molar-refractivity contribution in [3.8, 4) is 0 Å². The van der Waals surface area contributed by atoms with Crippen molar-refractivity contribution in [3.63, 3.8) is 0 Å². The molecule has 1 saturated heterocycles. The van der Waals surface area contributed by atoms with E-state index < -0.39 is 5.97 Å². The van der Waals surface area contributed by atoms with Gasteiger partial charge in [0.25, 0.3) is 0 Å². The number of carbonyl (C=O) groups excluding carboxylic acids is 2. The average Bonchev–Trinajstić information content (AvgIpc) is 3.44. The van der Waals surface area contributed by atoms with Crippen LogP contribution in [0.15, 0.2) is 36.5 Å². The van der Waals surface area contributed by atoms with E-state index in [9.17, 15) is 9.59 Å². The third-order valence-corrected chi connectivity index (χ3v) is 5.92. The molecular formula is C25H30N4O4. The molecule has 1 atom stereocenters. The summed E-state index contributed by atoms with van der Waals surface area (Å²) in [6, 6.07) is 10.4. The second-order valence-corrected chi connectivity index (χ2v) is 8.26. The summed E-state index contributed by atoms with van der Waals surface area (Å²) in [6.45, 7) is 5.35. The molecule has 8 heteroatoms. The van der Waals surface area contributed by atoms with Crippen molar-refractivity contribution in [2.24, 2.45) is 0 Å². The third kappa shape index (κ3) is 5.01. The summed E-state index contributed by atoms with van der Waals surface area (Å²) in [6.07, 6.45) is 4.63. The number of nitrogens with one attached hydrogen (secondary N) is 2. The highest BCUT2D eigenvalue weighted by molar-refractivity contribution is 6.10. The Morgan fingerprint density at radius 1 is 1.24 bits per heavy atom. The maximum Gasteiger partial charge on any atom is 0.356 e. The van der Waals surface area contributed by atoms with Gasteiger partial charge in [0.1, 0.15) is 5.65 Å². The predicted molar refractivity (Wildman–Crippen MR) is 127 cm³/mol. The second-order valence-electron chi connectivity index (χ2n) is 8.26. The molecule has 2 aromatic heterocycles. The third-order valence-electron chi connectivity index (χ3n) is 5.92. The highest BCUT2D eigenvalue weighted by Gasteiger charge is 2.28. The molecule has 0 aliphatic carbocycles. The highest BCUT2D eigenvalue weighted by Crippen LogP contribution is 2.34. The molecule has 0 saturated carbocycles. The van der Waals surface area contributed by atoms with Crippen molar-refractivity contribution in [3.05, 3.63) is 53.3 Å². The van der Waals surface area contributed by atoms with Gasteiger partial charge in [0.2, 0.25) is 5.91 Å². The van der Waals surface area contributed by atoms with Gasteiger partial charge in [0.15, 0.2) is 5.69 Å². The Hall–Kier alpha value is -3.39. The minimum Gasteiger partial charge on any atom is -0.464 e. The van der Waals surface area contributed by atoms with Crippen LogP contribution in [0.4, 0.5) is 11.4 Å². The number of esters is 1. The van der Waals surface area contributed by atoms with Crippen LogP contribution in [0.25, 0.3) is 11.0 Å². The molecule has 1 aliphatic rings. The topological polar surface area (TPSA) is 94.5 Å². The summed E-state index contributed by atoms with van der Waals surface area (Å²) in [5.74, 6) is -0.800. The Balaban J connectivity index is 1.71. The number of pyridine rings is 1. The number of carbonyl (C=O) groups is 2. The zero-order valence-corrected chi connectivity index (χ0v) is 19.3. The fraction of sp³-hybridized carbons (Fsp3) is 0.400. The van der Waals surface area contributed by atoms with Crippen molar-refractivity contribution >= 4 is 34.3 Å². The molecular weight excluding hydrogens is 420 g/mol. The second kappa shape index (κ2) is 10.0. The molecule has 4 rings (SSSR count). The fourth-order valence-corrected chi connectivity index (χ4v) is 4.20. The molecule has 8 nitrogen and oxygen atoms in total. The van der Waals surface area contributed by atoms with Crippen LogP contribution in [0.1, 0.15) is 48.3 Å². The number of aromatic nitrogens is 2.